The van der Waals surface area contributed by atoms with Gasteiger partial charge in [-0.3, -0.25) is 4.79 Å². The Balaban J connectivity index is 2.04. The fourth-order valence-electron chi connectivity index (χ4n) is 1.94. The van der Waals surface area contributed by atoms with Crippen LogP contribution in [0.5, 0.6) is 0 Å². The molecule has 2 rings (SSSR count). The average molecular weight is 287 g/mol. The third-order valence-corrected chi connectivity index (χ3v) is 3.64. The topological polar surface area (TPSA) is 83.8 Å². The molecule has 1 fully saturated rings. The molecule has 6 heteroatoms. The number of halogens is 1. The van der Waals surface area contributed by atoms with Crippen LogP contribution in [0.3, 0.4) is 0 Å². The molecule has 1 saturated carbocycles. The van der Waals surface area contributed by atoms with Gasteiger partial charge in [-0.2, -0.15) is 0 Å². The van der Waals surface area contributed by atoms with E-state index >= 15 is 0 Å². The van der Waals surface area contributed by atoms with Crippen LogP contribution >= 0.6 is 15.9 Å². The summed E-state index contributed by atoms with van der Waals surface area (Å²) in [4.78, 5) is 17.9. The smallest absolute Gasteiger partial charge is 0.267 e. The quantitative estimate of drug-likeness (QED) is 0.763. The number of hydrogen-bond acceptors (Lipinski definition) is 4. The fraction of sp³-hybridized carbons (Fsp3) is 0.600. The fourth-order valence-corrected chi connectivity index (χ4v) is 2.27. The number of nitrogens with two attached hydrogens (primary N) is 1. The molecule has 16 heavy (non-hydrogen) atoms. The minimum atomic E-state index is -0.162. The summed E-state index contributed by atoms with van der Waals surface area (Å²) >= 11 is 3.23. The van der Waals surface area contributed by atoms with E-state index in [-0.39, 0.29) is 5.56 Å². The number of H-pyrrole nitrogens is 1. The van der Waals surface area contributed by atoms with Crippen molar-refractivity contribution in [2.45, 2.75) is 37.8 Å². The van der Waals surface area contributed by atoms with Crippen molar-refractivity contribution < 1.29 is 0 Å². The monoisotopic (exact) mass is 286 g/mol. The first kappa shape index (κ1) is 11.6. The second-order valence-corrected chi connectivity index (χ2v) is 4.94. The third kappa shape index (κ3) is 2.62. The molecule has 5 nitrogen and oxygen atoms in total. The van der Waals surface area contributed by atoms with Crippen molar-refractivity contribution in [3.8, 4) is 0 Å². The molecule has 4 N–H and O–H groups in total. The van der Waals surface area contributed by atoms with Gasteiger partial charge in [0.15, 0.2) is 0 Å². The molecule has 1 heterocycles. The normalized spacial score (nSPS) is 25.4. The molecule has 0 spiro atoms. The summed E-state index contributed by atoms with van der Waals surface area (Å²) in [5, 5.41) is 3.28. The van der Waals surface area contributed by atoms with Crippen LogP contribution in [-0.2, 0) is 0 Å². The number of nitrogens with one attached hydrogen (secondary N) is 2. The van der Waals surface area contributed by atoms with Crippen LogP contribution in [0.1, 0.15) is 25.7 Å². The molecule has 0 unspecified atom stereocenters. The molecule has 1 aliphatic carbocycles. The summed E-state index contributed by atoms with van der Waals surface area (Å²) in [7, 11) is 0. The Morgan fingerprint density at radius 3 is 2.81 bits per heavy atom. The highest BCUT2D eigenvalue weighted by atomic mass is 79.9. The van der Waals surface area contributed by atoms with E-state index in [1.165, 1.54) is 6.33 Å². The number of nitrogens with zero attached hydrogens (tertiary/aromatic N) is 1. The Morgan fingerprint density at radius 2 is 2.12 bits per heavy atom. The maximum Gasteiger partial charge on any atom is 0.267 e. The Morgan fingerprint density at radius 1 is 1.44 bits per heavy atom. The van der Waals surface area contributed by atoms with Gasteiger partial charge in [-0.05, 0) is 41.6 Å². The third-order valence-electron chi connectivity index (χ3n) is 2.91. The minimum Gasteiger partial charge on any atom is -0.366 e. The van der Waals surface area contributed by atoms with Crippen molar-refractivity contribution in [3.63, 3.8) is 0 Å². The van der Waals surface area contributed by atoms with E-state index in [1.54, 1.807) is 0 Å². The first-order valence-corrected chi connectivity index (χ1v) is 6.21. The van der Waals surface area contributed by atoms with Gasteiger partial charge in [-0.15, -0.1) is 0 Å². The van der Waals surface area contributed by atoms with Gasteiger partial charge in [0.05, 0.1) is 6.33 Å². The zero-order valence-electron chi connectivity index (χ0n) is 8.87. The summed E-state index contributed by atoms with van der Waals surface area (Å²) in [5.41, 5.74) is 5.67. The second kappa shape index (κ2) is 4.97. The Kier molecular flexibility index (Phi) is 3.60. The number of rotatable bonds is 2. The molecule has 88 valence electrons. The van der Waals surface area contributed by atoms with Crippen LogP contribution in [0.2, 0.25) is 0 Å². The van der Waals surface area contributed by atoms with E-state index in [2.05, 4.69) is 31.2 Å². The van der Waals surface area contributed by atoms with Crippen molar-refractivity contribution in [1.29, 1.82) is 0 Å². The van der Waals surface area contributed by atoms with E-state index in [1.807, 2.05) is 0 Å². The van der Waals surface area contributed by atoms with Gasteiger partial charge in [0.1, 0.15) is 10.3 Å². The maximum absolute atomic E-state index is 11.3. The minimum absolute atomic E-state index is 0.162. The summed E-state index contributed by atoms with van der Waals surface area (Å²) < 4.78 is 0.463. The number of aromatic nitrogens is 2. The van der Waals surface area contributed by atoms with Gasteiger partial charge < -0.3 is 16.0 Å². The molecule has 1 aromatic heterocycles. The molecule has 0 atom stereocenters. The predicted molar refractivity (Wildman–Crippen MR) is 66.4 cm³/mol. The number of anilines is 1. The summed E-state index contributed by atoms with van der Waals surface area (Å²) in [5.74, 6) is 0.615. The number of hydrogen-bond donors (Lipinski definition) is 3. The van der Waals surface area contributed by atoms with Gasteiger partial charge >= 0.3 is 0 Å². The summed E-state index contributed by atoms with van der Waals surface area (Å²) in [6, 6.07) is 0.694. The number of aromatic amines is 1. The molecule has 1 aromatic rings. The highest BCUT2D eigenvalue weighted by Crippen LogP contribution is 2.22. The van der Waals surface area contributed by atoms with E-state index in [4.69, 9.17) is 5.73 Å². The molecule has 0 bridgehead atoms. The van der Waals surface area contributed by atoms with Crippen molar-refractivity contribution in [2.75, 3.05) is 5.32 Å². The van der Waals surface area contributed by atoms with Crippen LogP contribution in [-0.4, -0.2) is 22.1 Å². The lowest BCUT2D eigenvalue weighted by Gasteiger charge is -2.27. The zero-order valence-corrected chi connectivity index (χ0v) is 10.5. The van der Waals surface area contributed by atoms with Crippen molar-refractivity contribution in [1.82, 2.24) is 9.97 Å². The lowest BCUT2D eigenvalue weighted by molar-refractivity contribution is 0.410. The van der Waals surface area contributed by atoms with E-state index < -0.39 is 0 Å². The lowest BCUT2D eigenvalue weighted by atomic mass is 9.92. The highest BCUT2D eigenvalue weighted by molar-refractivity contribution is 9.10. The average Bonchev–Trinajstić information content (AvgIpc) is 2.28. The SMILES string of the molecule is NC1CCC(Nc2nc[nH]c(=O)c2Br)CC1. The largest absolute Gasteiger partial charge is 0.366 e. The lowest BCUT2D eigenvalue weighted by Crippen LogP contribution is -2.33. The maximum atomic E-state index is 11.3. The summed E-state index contributed by atoms with van der Waals surface area (Å²) in [6.45, 7) is 0. The summed E-state index contributed by atoms with van der Waals surface area (Å²) in [6.07, 6.45) is 5.52. The van der Waals surface area contributed by atoms with E-state index in [9.17, 15) is 4.79 Å². The van der Waals surface area contributed by atoms with Gasteiger partial charge in [0.2, 0.25) is 0 Å². The van der Waals surface area contributed by atoms with E-state index in [0.29, 0.717) is 22.4 Å². The molecule has 1 aliphatic rings. The van der Waals surface area contributed by atoms with Crippen LogP contribution < -0.4 is 16.6 Å². The Labute approximate surface area is 102 Å². The zero-order chi connectivity index (χ0) is 11.5. The molecule has 0 saturated heterocycles. The molecular weight excluding hydrogens is 272 g/mol. The van der Waals surface area contributed by atoms with Crippen molar-refractivity contribution in [2.24, 2.45) is 5.73 Å². The van der Waals surface area contributed by atoms with Gasteiger partial charge in [0, 0.05) is 12.1 Å². The standard InChI is InChI=1S/C10H15BrN4O/c11-8-9(13-5-14-10(8)16)15-7-3-1-6(12)2-4-7/h5-7H,1-4,12H2,(H2,13,14,15,16). The molecular formula is C10H15BrN4O. The van der Waals surface area contributed by atoms with Crippen molar-refractivity contribution in [3.05, 3.63) is 21.2 Å². The van der Waals surface area contributed by atoms with Gasteiger partial charge in [-0.25, -0.2) is 4.98 Å². The van der Waals surface area contributed by atoms with Gasteiger partial charge in [0.25, 0.3) is 5.56 Å². The van der Waals surface area contributed by atoms with Crippen LogP contribution in [0, 0.1) is 0 Å². The second-order valence-electron chi connectivity index (χ2n) is 4.15. The molecule has 0 amide bonds. The van der Waals surface area contributed by atoms with Crippen molar-refractivity contribution >= 4 is 21.7 Å². The van der Waals surface area contributed by atoms with Crippen LogP contribution in [0.4, 0.5) is 5.82 Å². The van der Waals surface area contributed by atoms with Crippen LogP contribution in [0.15, 0.2) is 15.6 Å². The Bertz CT molecular complexity index is 412. The highest BCUT2D eigenvalue weighted by Gasteiger charge is 2.19. The first-order chi connectivity index (χ1) is 7.66. The van der Waals surface area contributed by atoms with Crippen LogP contribution in [0.25, 0.3) is 0 Å². The molecule has 0 aliphatic heterocycles. The van der Waals surface area contributed by atoms with Gasteiger partial charge in [-0.1, -0.05) is 0 Å². The predicted octanol–water partition coefficient (Wildman–Crippen LogP) is 1.21. The first-order valence-electron chi connectivity index (χ1n) is 5.42. The molecule has 0 aromatic carbocycles. The Hall–Kier alpha value is -0.880. The van der Waals surface area contributed by atoms with E-state index in [0.717, 1.165) is 25.7 Å². The molecule has 0 radical (unpaired) electrons.